The van der Waals surface area contributed by atoms with Gasteiger partial charge >= 0.3 is 0 Å². The summed E-state index contributed by atoms with van der Waals surface area (Å²) in [6.45, 7) is 2.58. The van der Waals surface area contributed by atoms with Crippen molar-refractivity contribution in [1.82, 2.24) is 5.32 Å². The smallest absolute Gasteiger partial charge is 0.251 e. The highest BCUT2D eigenvalue weighted by Gasteiger charge is 2.27. The monoisotopic (exact) mass is 297 g/mol. The van der Waals surface area contributed by atoms with Crippen LogP contribution < -0.4 is 5.32 Å². The maximum absolute atomic E-state index is 11.9. The third-order valence-electron chi connectivity index (χ3n) is 3.27. The van der Waals surface area contributed by atoms with Gasteiger partial charge in [0, 0.05) is 16.6 Å². The number of aliphatic hydroxyl groups is 1. The molecule has 0 radical (unpaired) electrons. The summed E-state index contributed by atoms with van der Waals surface area (Å²) in [5, 5.41) is 12.1. The van der Waals surface area contributed by atoms with Crippen molar-refractivity contribution in [3.8, 4) is 0 Å². The number of aliphatic hydroxyl groups excluding tert-OH is 1. The Morgan fingerprint density at radius 3 is 2.88 bits per heavy atom. The van der Waals surface area contributed by atoms with Crippen LogP contribution in [0.3, 0.4) is 0 Å². The molecule has 1 aromatic carbocycles. The van der Waals surface area contributed by atoms with Crippen LogP contribution in [0.4, 0.5) is 0 Å². The molecule has 92 valence electrons. The van der Waals surface area contributed by atoms with Gasteiger partial charge in [-0.3, -0.25) is 4.79 Å². The van der Waals surface area contributed by atoms with Crippen molar-refractivity contribution in [2.45, 2.75) is 25.9 Å². The van der Waals surface area contributed by atoms with Gasteiger partial charge in [0.25, 0.3) is 5.91 Å². The molecule has 1 aliphatic carbocycles. The zero-order valence-corrected chi connectivity index (χ0v) is 11.3. The lowest BCUT2D eigenvalue weighted by atomic mass is 9.82. The molecule has 0 heterocycles. The van der Waals surface area contributed by atoms with E-state index in [1.807, 2.05) is 25.1 Å². The normalized spacial score (nSPS) is 23.0. The van der Waals surface area contributed by atoms with Gasteiger partial charge in [-0.1, -0.05) is 22.0 Å². The largest absolute Gasteiger partial charge is 0.393 e. The van der Waals surface area contributed by atoms with E-state index >= 15 is 0 Å². The zero-order valence-electron chi connectivity index (χ0n) is 9.74. The molecule has 1 saturated carbocycles. The number of hydrogen-bond donors (Lipinski definition) is 2. The lowest BCUT2D eigenvalue weighted by molar-refractivity contribution is 0.0420. The molecule has 0 spiro atoms. The number of carbonyl (C=O) groups is 1. The summed E-state index contributed by atoms with van der Waals surface area (Å²) < 4.78 is 0.948. The minimum absolute atomic E-state index is 0.0369. The standard InChI is InChI=1S/C13H16BrNO2/c1-8-11(3-2-4-12(8)14)13(17)15-7-9-5-10(16)6-9/h2-4,9-10,16H,5-7H2,1H3,(H,15,17). The molecule has 0 atom stereocenters. The van der Waals surface area contributed by atoms with E-state index in [9.17, 15) is 4.79 Å². The van der Waals surface area contributed by atoms with E-state index in [4.69, 9.17) is 5.11 Å². The predicted molar refractivity (Wildman–Crippen MR) is 69.9 cm³/mol. The van der Waals surface area contributed by atoms with Gasteiger partial charge in [-0.05, 0) is 43.4 Å². The van der Waals surface area contributed by atoms with E-state index in [-0.39, 0.29) is 12.0 Å². The fraction of sp³-hybridized carbons (Fsp3) is 0.462. The van der Waals surface area contributed by atoms with E-state index in [2.05, 4.69) is 21.2 Å². The summed E-state index contributed by atoms with van der Waals surface area (Å²) in [7, 11) is 0. The highest BCUT2D eigenvalue weighted by Crippen LogP contribution is 2.26. The Bertz CT molecular complexity index is 427. The Morgan fingerprint density at radius 1 is 1.53 bits per heavy atom. The van der Waals surface area contributed by atoms with Crippen LogP contribution in [-0.4, -0.2) is 23.7 Å². The lowest BCUT2D eigenvalue weighted by Gasteiger charge is -2.31. The van der Waals surface area contributed by atoms with Gasteiger partial charge in [0.1, 0.15) is 0 Å². The number of hydrogen-bond acceptors (Lipinski definition) is 2. The predicted octanol–water partition coefficient (Wildman–Crippen LogP) is 2.26. The first-order chi connectivity index (χ1) is 8.08. The first kappa shape index (κ1) is 12.6. The van der Waals surface area contributed by atoms with Crippen LogP contribution >= 0.6 is 15.9 Å². The Labute approximate surface area is 109 Å². The number of carbonyl (C=O) groups excluding carboxylic acids is 1. The first-order valence-electron chi connectivity index (χ1n) is 5.79. The quantitative estimate of drug-likeness (QED) is 0.899. The van der Waals surface area contributed by atoms with Gasteiger partial charge in [-0.2, -0.15) is 0 Å². The SMILES string of the molecule is Cc1c(Br)cccc1C(=O)NCC1CC(O)C1. The Hall–Kier alpha value is -0.870. The van der Waals surface area contributed by atoms with Crippen molar-refractivity contribution < 1.29 is 9.90 Å². The number of benzene rings is 1. The van der Waals surface area contributed by atoms with Crippen LogP contribution in [0, 0.1) is 12.8 Å². The van der Waals surface area contributed by atoms with Gasteiger partial charge < -0.3 is 10.4 Å². The summed E-state index contributed by atoms with van der Waals surface area (Å²) in [4.78, 5) is 11.9. The summed E-state index contributed by atoms with van der Waals surface area (Å²) in [6, 6.07) is 5.61. The average molecular weight is 298 g/mol. The fourth-order valence-electron chi connectivity index (χ4n) is 2.05. The minimum atomic E-state index is -0.162. The second kappa shape index (κ2) is 5.19. The fourth-order valence-corrected chi connectivity index (χ4v) is 2.42. The van der Waals surface area contributed by atoms with Crippen LogP contribution in [0.2, 0.25) is 0 Å². The highest BCUT2D eigenvalue weighted by atomic mass is 79.9. The van der Waals surface area contributed by atoms with Gasteiger partial charge in [0.2, 0.25) is 0 Å². The van der Waals surface area contributed by atoms with E-state index in [0.29, 0.717) is 18.0 Å². The van der Waals surface area contributed by atoms with Gasteiger partial charge in [0.05, 0.1) is 6.10 Å². The first-order valence-corrected chi connectivity index (χ1v) is 6.58. The van der Waals surface area contributed by atoms with Crippen LogP contribution in [-0.2, 0) is 0 Å². The van der Waals surface area contributed by atoms with Gasteiger partial charge in [-0.15, -0.1) is 0 Å². The maximum Gasteiger partial charge on any atom is 0.251 e. The van der Waals surface area contributed by atoms with E-state index in [0.717, 1.165) is 22.9 Å². The van der Waals surface area contributed by atoms with Crippen LogP contribution in [0.25, 0.3) is 0 Å². The Morgan fingerprint density at radius 2 is 2.24 bits per heavy atom. The third kappa shape index (κ3) is 2.87. The van der Waals surface area contributed by atoms with E-state index < -0.39 is 0 Å². The molecule has 4 heteroatoms. The molecular weight excluding hydrogens is 282 g/mol. The molecule has 1 aromatic rings. The Balaban J connectivity index is 1.93. The number of rotatable bonds is 3. The van der Waals surface area contributed by atoms with Crippen LogP contribution in [0.5, 0.6) is 0 Å². The number of nitrogens with one attached hydrogen (secondary N) is 1. The topological polar surface area (TPSA) is 49.3 Å². The van der Waals surface area contributed by atoms with Crippen molar-refractivity contribution in [2.24, 2.45) is 5.92 Å². The second-order valence-electron chi connectivity index (χ2n) is 4.61. The molecule has 17 heavy (non-hydrogen) atoms. The van der Waals surface area contributed by atoms with Crippen molar-refractivity contribution >= 4 is 21.8 Å². The van der Waals surface area contributed by atoms with Crippen molar-refractivity contribution in [2.75, 3.05) is 6.54 Å². The van der Waals surface area contributed by atoms with Crippen molar-refractivity contribution in [3.05, 3.63) is 33.8 Å². The molecule has 0 bridgehead atoms. The van der Waals surface area contributed by atoms with Crippen molar-refractivity contribution in [1.29, 1.82) is 0 Å². The summed E-state index contributed by atoms with van der Waals surface area (Å²) in [5.41, 5.74) is 1.66. The molecule has 1 amide bonds. The molecule has 0 aromatic heterocycles. The number of amides is 1. The van der Waals surface area contributed by atoms with Crippen LogP contribution in [0.1, 0.15) is 28.8 Å². The molecule has 0 unspecified atom stereocenters. The lowest BCUT2D eigenvalue weighted by Crippen LogP contribution is -2.38. The number of halogens is 1. The molecule has 2 rings (SSSR count). The highest BCUT2D eigenvalue weighted by molar-refractivity contribution is 9.10. The van der Waals surface area contributed by atoms with Crippen molar-refractivity contribution in [3.63, 3.8) is 0 Å². The summed E-state index contributed by atoms with van der Waals surface area (Å²) in [6.07, 6.45) is 1.44. The third-order valence-corrected chi connectivity index (χ3v) is 4.13. The molecule has 0 aliphatic heterocycles. The molecule has 0 saturated heterocycles. The molecule has 2 N–H and O–H groups in total. The molecule has 1 aliphatic rings. The minimum Gasteiger partial charge on any atom is -0.393 e. The molecule has 3 nitrogen and oxygen atoms in total. The maximum atomic E-state index is 11.9. The van der Waals surface area contributed by atoms with Crippen LogP contribution in [0.15, 0.2) is 22.7 Å². The van der Waals surface area contributed by atoms with E-state index in [1.54, 1.807) is 0 Å². The summed E-state index contributed by atoms with van der Waals surface area (Å²) >= 11 is 3.41. The summed E-state index contributed by atoms with van der Waals surface area (Å²) in [5.74, 6) is 0.395. The van der Waals surface area contributed by atoms with Gasteiger partial charge in [0.15, 0.2) is 0 Å². The molecule has 1 fully saturated rings. The average Bonchev–Trinajstić information content (AvgIpc) is 2.26. The van der Waals surface area contributed by atoms with E-state index in [1.165, 1.54) is 0 Å². The Kier molecular flexibility index (Phi) is 3.84. The second-order valence-corrected chi connectivity index (χ2v) is 5.47. The van der Waals surface area contributed by atoms with Gasteiger partial charge in [-0.25, -0.2) is 0 Å². The molecular formula is C13H16BrNO2. The zero-order chi connectivity index (χ0) is 12.4.